The fourth-order valence-corrected chi connectivity index (χ4v) is 4.03. The van der Waals surface area contributed by atoms with E-state index in [-0.39, 0.29) is 0 Å². The molecule has 1 saturated heterocycles. The quantitative estimate of drug-likeness (QED) is 0.775. The summed E-state index contributed by atoms with van der Waals surface area (Å²) < 4.78 is 6.40. The van der Waals surface area contributed by atoms with Crippen LogP contribution in [0.2, 0.25) is 0 Å². The standard InChI is InChI=1S/C16H31NO/c1-4-17-14(3)11-13(2)12-15-7-10-16(18-15)8-5-6-9-16/h13-15,17H,4-12H2,1-3H3. The van der Waals surface area contributed by atoms with Crippen molar-refractivity contribution in [3.05, 3.63) is 0 Å². The average Bonchev–Trinajstić information content (AvgIpc) is 2.90. The minimum absolute atomic E-state index is 0.317. The molecule has 3 atom stereocenters. The van der Waals surface area contributed by atoms with E-state index in [1.165, 1.54) is 51.4 Å². The van der Waals surface area contributed by atoms with E-state index in [9.17, 15) is 0 Å². The molecule has 1 aliphatic heterocycles. The molecule has 1 saturated carbocycles. The minimum atomic E-state index is 0.317. The van der Waals surface area contributed by atoms with E-state index < -0.39 is 0 Å². The SMILES string of the molecule is CCNC(C)CC(C)CC1CCC2(CCCC2)O1. The molecule has 0 aromatic carbocycles. The Bertz CT molecular complexity index is 247. The molecule has 0 aromatic heterocycles. The third kappa shape index (κ3) is 3.71. The molecule has 0 radical (unpaired) electrons. The van der Waals surface area contributed by atoms with E-state index in [0.29, 0.717) is 17.7 Å². The van der Waals surface area contributed by atoms with Gasteiger partial charge in [-0.25, -0.2) is 0 Å². The second kappa shape index (κ2) is 6.38. The van der Waals surface area contributed by atoms with Crippen LogP contribution in [0.3, 0.4) is 0 Å². The highest BCUT2D eigenvalue weighted by Gasteiger charge is 2.42. The van der Waals surface area contributed by atoms with Gasteiger partial charge in [-0.15, -0.1) is 0 Å². The molecular weight excluding hydrogens is 222 g/mol. The van der Waals surface area contributed by atoms with Crippen molar-refractivity contribution in [3.63, 3.8) is 0 Å². The minimum Gasteiger partial charge on any atom is -0.372 e. The van der Waals surface area contributed by atoms with Crippen molar-refractivity contribution in [2.45, 2.75) is 89.9 Å². The molecule has 3 unspecified atom stereocenters. The Kier molecular flexibility index (Phi) is 5.08. The molecule has 1 heterocycles. The number of rotatable bonds is 6. The van der Waals surface area contributed by atoms with E-state index in [1.807, 2.05) is 0 Å². The first-order valence-electron chi connectivity index (χ1n) is 8.05. The molecule has 0 amide bonds. The molecule has 2 heteroatoms. The van der Waals surface area contributed by atoms with Crippen molar-refractivity contribution in [1.82, 2.24) is 5.32 Å². The predicted molar refractivity (Wildman–Crippen MR) is 76.8 cm³/mol. The van der Waals surface area contributed by atoms with E-state index in [4.69, 9.17) is 4.74 Å². The molecule has 1 aliphatic carbocycles. The second-order valence-electron chi connectivity index (χ2n) is 6.70. The number of ether oxygens (including phenoxy) is 1. The van der Waals surface area contributed by atoms with Gasteiger partial charge in [0.25, 0.3) is 0 Å². The largest absolute Gasteiger partial charge is 0.372 e. The smallest absolute Gasteiger partial charge is 0.0687 e. The van der Waals surface area contributed by atoms with Crippen molar-refractivity contribution in [2.24, 2.45) is 5.92 Å². The van der Waals surface area contributed by atoms with Gasteiger partial charge in [-0.3, -0.25) is 0 Å². The number of hydrogen-bond acceptors (Lipinski definition) is 2. The van der Waals surface area contributed by atoms with Gasteiger partial charge in [-0.05, 0) is 57.9 Å². The monoisotopic (exact) mass is 253 g/mol. The van der Waals surface area contributed by atoms with E-state index in [1.54, 1.807) is 0 Å². The Morgan fingerprint density at radius 2 is 1.94 bits per heavy atom. The Morgan fingerprint density at radius 1 is 1.22 bits per heavy atom. The molecule has 106 valence electrons. The van der Waals surface area contributed by atoms with Gasteiger partial charge in [-0.1, -0.05) is 26.7 Å². The normalized spacial score (nSPS) is 29.8. The highest BCUT2D eigenvalue weighted by molar-refractivity contribution is 4.93. The maximum atomic E-state index is 6.40. The van der Waals surface area contributed by atoms with Gasteiger partial charge in [0.05, 0.1) is 11.7 Å². The Labute approximate surface area is 113 Å². The summed E-state index contributed by atoms with van der Waals surface area (Å²) in [6.07, 6.45) is 11.1. The maximum absolute atomic E-state index is 6.40. The molecule has 2 aliphatic rings. The van der Waals surface area contributed by atoms with E-state index in [0.717, 1.165) is 12.5 Å². The molecule has 1 spiro atoms. The van der Waals surface area contributed by atoms with Crippen molar-refractivity contribution >= 4 is 0 Å². The summed E-state index contributed by atoms with van der Waals surface area (Å²) in [4.78, 5) is 0. The molecule has 1 N–H and O–H groups in total. The summed E-state index contributed by atoms with van der Waals surface area (Å²) in [6, 6.07) is 0.645. The Hall–Kier alpha value is -0.0800. The first-order valence-corrected chi connectivity index (χ1v) is 8.05. The third-order valence-electron chi connectivity index (χ3n) is 4.83. The maximum Gasteiger partial charge on any atom is 0.0687 e. The van der Waals surface area contributed by atoms with Crippen LogP contribution < -0.4 is 5.32 Å². The van der Waals surface area contributed by atoms with Gasteiger partial charge >= 0.3 is 0 Å². The summed E-state index contributed by atoms with van der Waals surface area (Å²) >= 11 is 0. The van der Waals surface area contributed by atoms with Gasteiger partial charge in [-0.2, -0.15) is 0 Å². The van der Waals surface area contributed by atoms with Crippen LogP contribution in [0.15, 0.2) is 0 Å². The summed E-state index contributed by atoms with van der Waals surface area (Å²) in [7, 11) is 0. The number of nitrogens with one attached hydrogen (secondary N) is 1. The van der Waals surface area contributed by atoms with Gasteiger partial charge < -0.3 is 10.1 Å². The predicted octanol–water partition coefficient (Wildman–Crippen LogP) is 3.89. The van der Waals surface area contributed by atoms with Gasteiger partial charge in [0.1, 0.15) is 0 Å². The number of hydrogen-bond donors (Lipinski definition) is 1. The first-order chi connectivity index (χ1) is 8.63. The van der Waals surface area contributed by atoms with Crippen molar-refractivity contribution < 1.29 is 4.74 Å². The van der Waals surface area contributed by atoms with Crippen LogP contribution in [0.25, 0.3) is 0 Å². The second-order valence-corrected chi connectivity index (χ2v) is 6.70. The molecular formula is C16H31NO. The molecule has 2 rings (SSSR count). The van der Waals surface area contributed by atoms with Crippen LogP contribution >= 0.6 is 0 Å². The van der Waals surface area contributed by atoms with Crippen molar-refractivity contribution in [1.29, 1.82) is 0 Å². The molecule has 2 fully saturated rings. The fourth-order valence-electron chi connectivity index (χ4n) is 4.03. The van der Waals surface area contributed by atoms with Crippen LogP contribution in [-0.2, 0) is 4.74 Å². The van der Waals surface area contributed by atoms with Gasteiger partial charge in [0.2, 0.25) is 0 Å². The molecule has 0 aromatic rings. The Morgan fingerprint density at radius 3 is 2.61 bits per heavy atom. The lowest BCUT2D eigenvalue weighted by Crippen LogP contribution is -2.29. The lowest BCUT2D eigenvalue weighted by atomic mass is 9.94. The van der Waals surface area contributed by atoms with Crippen LogP contribution in [0, 0.1) is 5.92 Å². The van der Waals surface area contributed by atoms with Crippen LogP contribution in [0.1, 0.15) is 72.1 Å². The Balaban J connectivity index is 1.70. The lowest BCUT2D eigenvalue weighted by Gasteiger charge is -2.25. The zero-order valence-electron chi connectivity index (χ0n) is 12.5. The molecule has 2 nitrogen and oxygen atoms in total. The van der Waals surface area contributed by atoms with Crippen LogP contribution in [-0.4, -0.2) is 24.3 Å². The topological polar surface area (TPSA) is 21.3 Å². The lowest BCUT2D eigenvalue weighted by molar-refractivity contribution is -0.0440. The van der Waals surface area contributed by atoms with E-state index in [2.05, 4.69) is 26.1 Å². The van der Waals surface area contributed by atoms with Gasteiger partial charge in [0, 0.05) is 6.04 Å². The molecule has 0 bridgehead atoms. The highest BCUT2D eigenvalue weighted by Crippen LogP contribution is 2.44. The molecule has 18 heavy (non-hydrogen) atoms. The van der Waals surface area contributed by atoms with Crippen LogP contribution in [0.4, 0.5) is 0 Å². The summed E-state index contributed by atoms with van der Waals surface area (Å²) in [5.74, 6) is 0.778. The summed E-state index contributed by atoms with van der Waals surface area (Å²) in [5, 5.41) is 3.51. The average molecular weight is 253 g/mol. The van der Waals surface area contributed by atoms with Crippen molar-refractivity contribution in [2.75, 3.05) is 6.54 Å². The third-order valence-corrected chi connectivity index (χ3v) is 4.83. The van der Waals surface area contributed by atoms with Gasteiger partial charge in [0.15, 0.2) is 0 Å². The summed E-state index contributed by atoms with van der Waals surface area (Å²) in [6.45, 7) is 7.95. The van der Waals surface area contributed by atoms with Crippen molar-refractivity contribution in [3.8, 4) is 0 Å². The first kappa shape index (κ1) is 14.3. The summed E-state index contributed by atoms with van der Waals surface area (Å²) in [5.41, 5.74) is 0.317. The fraction of sp³-hybridized carbons (Fsp3) is 1.00. The van der Waals surface area contributed by atoms with E-state index >= 15 is 0 Å². The zero-order valence-corrected chi connectivity index (χ0v) is 12.5. The highest BCUT2D eigenvalue weighted by atomic mass is 16.5. The zero-order chi connectivity index (χ0) is 13.0. The van der Waals surface area contributed by atoms with Crippen LogP contribution in [0.5, 0.6) is 0 Å².